The van der Waals surface area contributed by atoms with Crippen molar-refractivity contribution in [3.8, 4) is 0 Å². The molecule has 0 saturated heterocycles. The molecule has 3 aromatic rings. The average Bonchev–Trinajstić information content (AvgIpc) is 3.09. The number of nitrogens with one attached hydrogen (secondary N) is 1. The SMILES string of the molecule is CCN(CC)S(=O)(=O)c1ccc(=O)n(CC(=O)Nc2cc(C)nn2Cc2ccccc2)c1. The Morgan fingerprint density at radius 2 is 1.78 bits per heavy atom. The summed E-state index contributed by atoms with van der Waals surface area (Å²) in [6, 6.07) is 13.9. The zero-order valence-electron chi connectivity index (χ0n) is 18.4. The van der Waals surface area contributed by atoms with E-state index >= 15 is 0 Å². The van der Waals surface area contributed by atoms with Gasteiger partial charge in [0.2, 0.25) is 15.9 Å². The minimum Gasteiger partial charge on any atom is -0.309 e. The third kappa shape index (κ3) is 5.32. The van der Waals surface area contributed by atoms with E-state index in [4.69, 9.17) is 0 Å². The Hall–Kier alpha value is -3.24. The van der Waals surface area contributed by atoms with Crippen molar-refractivity contribution in [2.75, 3.05) is 18.4 Å². The van der Waals surface area contributed by atoms with E-state index in [1.54, 1.807) is 24.6 Å². The van der Waals surface area contributed by atoms with Gasteiger partial charge in [0.25, 0.3) is 5.56 Å². The summed E-state index contributed by atoms with van der Waals surface area (Å²) in [6.07, 6.45) is 1.21. The van der Waals surface area contributed by atoms with Crippen molar-refractivity contribution in [3.63, 3.8) is 0 Å². The van der Waals surface area contributed by atoms with Crippen molar-refractivity contribution in [2.24, 2.45) is 0 Å². The molecule has 0 atom stereocenters. The molecule has 0 saturated carbocycles. The molecule has 2 aromatic heterocycles. The highest BCUT2D eigenvalue weighted by atomic mass is 32.2. The number of sulfonamides is 1. The monoisotopic (exact) mass is 457 g/mol. The lowest BCUT2D eigenvalue weighted by Gasteiger charge is -2.19. The standard InChI is InChI=1S/C22H27N5O4S/c1-4-26(5-2)32(30,31)19-11-12-22(29)25(15-19)16-21(28)23-20-13-17(3)24-27(20)14-18-9-7-6-8-10-18/h6-13,15H,4-5,14,16H2,1-3H3,(H,23,28). The molecule has 0 fully saturated rings. The molecular formula is C22H27N5O4S. The van der Waals surface area contributed by atoms with Gasteiger partial charge in [-0.1, -0.05) is 44.2 Å². The number of aromatic nitrogens is 3. The quantitative estimate of drug-likeness (QED) is 0.529. The van der Waals surface area contributed by atoms with Crippen molar-refractivity contribution in [2.45, 2.75) is 38.8 Å². The molecule has 0 spiro atoms. The van der Waals surface area contributed by atoms with Crippen LogP contribution in [0.1, 0.15) is 25.1 Å². The van der Waals surface area contributed by atoms with Gasteiger partial charge >= 0.3 is 0 Å². The molecule has 1 aromatic carbocycles. The number of hydrogen-bond donors (Lipinski definition) is 1. The van der Waals surface area contributed by atoms with Gasteiger partial charge in [-0.2, -0.15) is 9.40 Å². The molecule has 10 heteroatoms. The molecule has 0 radical (unpaired) electrons. The Morgan fingerprint density at radius 1 is 1.09 bits per heavy atom. The predicted octanol–water partition coefficient (Wildman–Crippen LogP) is 2.07. The number of carbonyl (C=O) groups excluding carboxylic acids is 1. The number of benzene rings is 1. The second-order valence-corrected chi connectivity index (χ2v) is 9.22. The number of nitrogens with zero attached hydrogens (tertiary/aromatic N) is 4. The molecule has 0 aliphatic heterocycles. The molecule has 0 aliphatic rings. The van der Waals surface area contributed by atoms with Gasteiger partial charge in [-0.15, -0.1) is 0 Å². The van der Waals surface area contributed by atoms with E-state index in [1.807, 2.05) is 37.3 Å². The van der Waals surface area contributed by atoms with Crippen LogP contribution in [-0.2, 0) is 27.9 Å². The number of amides is 1. The number of aryl methyl sites for hydroxylation is 1. The van der Waals surface area contributed by atoms with Gasteiger partial charge in [0.15, 0.2) is 0 Å². The fourth-order valence-electron chi connectivity index (χ4n) is 3.36. The Balaban J connectivity index is 1.80. The zero-order chi connectivity index (χ0) is 23.3. The largest absolute Gasteiger partial charge is 0.309 e. The molecule has 1 amide bonds. The number of carbonyl (C=O) groups is 1. The predicted molar refractivity (Wildman–Crippen MR) is 122 cm³/mol. The summed E-state index contributed by atoms with van der Waals surface area (Å²) in [6.45, 7) is 6.07. The van der Waals surface area contributed by atoms with E-state index in [0.29, 0.717) is 25.5 Å². The average molecular weight is 458 g/mol. The normalized spacial score (nSPS) is 11.6. The van der Waals surface area contributed by atoms with Crippen LogP contribution in [-0.4, -0.2) is 46.1 Å². The molecule has 0 aliphatic carbocycles. The fourth-order valence-corrected chi connectivity index (χ4v) is 4.84. The van der Waals surface area contributed by atoms with Gasteiger partial charge in [-0.05, 0) is 18.6 Å². The second-order valence-electron chi connectivity index (χ2n) is 7.28. The highest BCUT2D eigenvalue weighted by Crippen LogP contribution is 2.15. The first-order valence-electron chi connectivity index (χ1n) is 10.3. The third-order valence-corrected chi connectivity index (χ3v) is 6.99. The van der Waals surface area contributed by atoms with Gasteiger partial charge in [-0.25, -0.2) is 13.1 Å². The minimum atomic E-state index is -3.75. The van der Waals surface area contributed by atoms with Crippen molar-refractivity contribution in [1.29, 1.82) is 0 Å². The summed E-state index contributed by atoms with van der Waals surface area (Å²) >= 11 is 0. The summed E-state index contributed by atoms with van der Waals surface area (Å²) in [5, 5.41) is 7.19. The summed E-state index contributed by atoms with van der Waals surface area (Å²) in [7, 11) is -3.75. The molecule has 0 bridgehead atoms. The van der Waals surface area contributed by atoms with E-state index < -0.39 is 21.5 Å². The minimum absolute atomic E-state index is 0.0291. The molecule has 32 heavy (non-hydrogen) atoms. The van der Waals surface area contributed by atoms with Crippen molar-refractivity contribution < 1.29 is 13.2 Å². The lowest BCUT2D eigenvalue weighted by atomic mass is 10.2. The molecule has 1 N–H and O–H groups in total. The summed E-state index contributed by atoms with van der Waals surface area (Å²) in [5.41, 5.74) is 1.30. The zero-order valence-corrected chi connectivity index (χ0v) is 19.2. The van der Waals surface area contributed by atoms with E-state index in [-0.39, 0.29) is 11.4 Å². The first kappa shape index (κ1) is 23.4. The Kier molecular flexibility index (Phi) is 7.26. The Morgan fingerprint density at radius 3 is 2.44 bits per heavy atom. The van der Waals surface area contributed by atoms with Crippen LogP contribution in [0.2, 0.25) is 0 Å². The van der Waals surface area contributed by atoms with Crippen LogP contribution in [0.25, 0.3) is 0 Å². The van der Waals surface area contributed by atoms with Crippen LogP contribution >= 0.6 is 0 Å². The van der Waals surface area contributed by atoms with E-state index in [0.717, 1.165) is 21.9 Å². The van der Waals surface area contributed by atoms with E-state index in [9.17, 15) is 18.0 Å². The summed E-state index contributed by atoms with van der Waals surface area (Å²) in [4.78, 5) is 24.9. The highest BCUT2D eigenvalue weighted by Gasteiger charge is 2.22. The molecule has 0 unspecified atom stereocenters. The number of anilines is 1. The fraction of sp³-hybridized carbons (Fsp3) is 0.318. The van der Waals surface area contributed by atoms with Crippen molar-refractivity contribution in [1.82, 2.24) is 18.7 Å². The highest BCUT2D eigenvalue weighted by molar-refractivity contribution is 7.89. The van der Waals surface area contributed by atoms with Crippen LogP contribution < -0.4 is 10.9 Å². The summed E-state index contributed by atoms with van der Waals surface area (Å²) in [5.74, 6) is 0.0371. The Bertz CT molecular complexity index is 1240. The summed E-state index contributed by atoms with van der Waals surface area (Å²) < 4.78 is 29.6. The molecule has 9 nitrogen and oxygen atoms in total. The Labute approximate surface area is 187 Å². The number of rotatable bonds is 9. The third-order valence-electron chi connectivity index (χ3n) is 4.96. The van der Waals surface area contributed by atoms with Gasteiger partial charge in [-0.3, -0.25) is 9.59 Å². The lowest BCUT2D eigenvalue weighted by Crippen LogP contribution is -2.33. The van der Waals surface area contributed by atoms with E-state index in [2.05, 4.69) is 10.4 Å². The maximum atomic E-state index is 12.8. The lowest BCUT2D eigenvalue weighted by molar-refractivity contribution is -0.116. The maximum absolute atomic E-state index is 12.8. The molecule has 170 valence electrons. The van der Waals surface area contributed by atoms with Crippen LogP contribution in [0.3, 0.4) is 0 Å². The maximum Gasteiger partial charge on any atom is 0.251 e. The van der Waals surface area contributed by atoms with Crippen LogP contribution in [0, 0.1) is 6.92 Å². The van der Waals surface area contributed by atoms with E-state index in [1.165, 1.54) is 16.6 Å². The molecule has 3 rings (SSSR count). The van der Waals surface area contributed by atoms with Crippen molar-refractivity contribution in [3.05, 3.63) is 76.3 Å². The number of pyridine rings is 1. The topological polar surface area (TPSA) is 106 Å². The smallest absolute Gasteiger partial charge is 0.251 e. The molecular weight excluding hydrogens is 430 g/mol. The van der Waals surface area contributed by atoms with Crippen LogP contribution in [0.15, 0.2) is 64.4 Å². The van der Waals surface area contributed by atoms with Crippen molar-refractivity contribution >= 4 is 21.7 Å². The first-order valence-corrected chi connectivity index (χ1v) is 11.8. The van der Waals surface area contributed by atoms with Crippen LogP contribution in [0.5, 0.6) is 0 Å². The van der Waals surface area contributed by atoms with Gasteiger partial charge < -0.3 is 9.88 Å². The van der Waals surface area contributed by atoms with Gasteiger partial charge in [0.05, 0.1) is 17.1 Å². The number of hydrogen-bond acceptors (Lipinski definition) is 5. The molecule has 2 heterocycles. The van der Waals surface area contributed by atoms with Gasteiger partial charge in [0, 0.05) is 31.4 Å². The first-order chi connectivity index (χ1) is 15.2. The second kappa shape index (κ2) is 9.92. The van der Waals surface area contributed by atoms with Crippen LogP contribution in [0.4, 0.5) is 5.82 Å². The van der Waals surface area contributed by atoms with Gasteiger partial charge in [0.1, 0.15) is 12.4 Å².